The molecule has 10 heteroatoms. The number of benzene rings is 2. The van der Waals surface area contributed by atoms with Crippen molar-refractivity contribution in [3.8, 4) is 0 Å². The summed E-state index contributed by atoms with van der Waals surface area (Å²) in [6, 6.07) is 12.7. The Kier molecular flexibility index (Phi) is 5.77. The molecule has 0 saturated heterocycles. The molecule has 3 amide bonds. The van der Waals surface area contributed by atoms with E-state index in [0.29, 0.717) is 27.1 Å². The van der Waals surface area contributed by atoms with Crippen LogP contribution in [0, 0.1) is 6.92 Å². The molecule has 0 radical (unpaired) electrons. The van der Waals surface area contributed by atoms with Crippen molar-refractivity contribution in [1.82, 2.24) is 4.98 Å². The quantitative estimate of drug-likeness (QED) is 0.520. The molecule has 0 bridgehead atoms. The van der Waals surface area contributed by atoms with Crippen LogP contribution in [0.4, 0.5) is 16.5 Å². The van der Waals surface area contributed by atoms with Gasteiger partial charge in [-0.2, -0.15) is 0 Å². The molecular weight excluding hydrogens is 459 g/mol. The van der Waals surface area contributed by atoms with E-state index in [1.165, 1.54) is 11.3 Å². The number of imide groups is 1. The normalized spacial score (nSPS) is 13.7. The van der Waals surface area contributed by atoms with E-state index < -0.39 is 11.8 Å². The van der Waals surface area contributed by atoms with E-state index in [9.17, 15) is 14.4 Å². The van der Waals surface area contributed by atoms with Crippen LogP contribution >= 0.6 is 34.5 Å². The van der Waals surface area contributed by atoms with Gasteiger partial charge in [0.05, 0.1) is 11.4 Å². The summed E-state index contributed by atoms with van der Waals surface area (Å²) >= 11 is 13.3. The first kappa shape index (κ1) is 21.0. The summed E-state index contributed by atoms with van der Waals surface area (Å²) in [6.07, 6.45) is 0. The van der Waals surface area contributed by atoms with Crippen LogP contribution < -0.4 is 15.5 Å². The number of amides is 3. The largest absolute Gasteiger partial charge is 0.350 e. The van der Waals surface area contributed by atoms with Gasteiger partial charge in [0.25, 0.3) is 17.7 Å². The number of hydrogen-bond acceptors (Lipinski definition) is 6. The van der Waals surface area contributed by atoms with Crippen LogP contribution in [-0.2, 0) is 9.59 Å². The fourth-order valence-electron chi connectivity index (χ4n) is 2.87. The van der Waals surface area contributed by atoms with Crippen molar-refractivity contribution >= 4 is 68.8 Å². The van der Waals surface area contributed by atoms with E-state index in [2.05, 4.69) is 15.6 Å². The minimum absolute atomic E-state index is 0.0444. The van der Waals surface area contributed by atoms with Crippen molar-refractivity contribution in [2.45, 2.75) is 6.92 Å². The lowest BCUT2D eigenvalue weighted by molar-refractivity contribution is -0.120. The van der Waals surface area contributed by atoms with E-state index in [-0.39, 0.29) is 16.6 Å². The highest BCUT2D eigenvalue weighted by Gasteiger charge is 2.38. The molecule has 1 aliphatic heterocycles. The smallest absolute Gasteiger partial charge is 0.283 e. The lowest BCUT2D eigenvalue weighted by atomic mass is 10.2. The molecule has 3 aromatic rings. The molecule has 0 fully saturated rings. The van der Waals surface area contributed by atoms with Crippen molar-refractivity contribution in [3.05, 3.63) is 80.9 Å². The topological polar surface area (TPSA) is 91.4 Å². The highest BCUT2D eigenvalue weighted by molar-refractivity contribution is 7.13. The van der Waals surface area contributed by atoms with Gasteiger partial charge < -0.3 is 5.32 Å². The molecule has 4 rings (SSSR count). The van der Waals surface area contributed by atoms with Crippen LogP contribution in [0.2, 0.25) is 5.02 Å². The minimum atomic E-state index is -0.633. The van der Waals surface area contributed by atoms with Crippen molar-refractivity contribution in [2.75, 3.05) is 15.5 Å². The molecule has 1 aliphatic rings. The number of nitrogens with one attached hydrogen (secondary N) is 2. The van der Waals surface area contributed by atoms with E-state index in [4.69, 9.17) is 23.2 Å². The van der Waals surface area contributed by atoms with E-state index >= 15 is 0 Å². The van der Waals surface area contributed by atoms with Gasteiger partial charge in [0, 0.05) is 21.7 Å². The van der Waals surface area contributed by atoms with Crippen LogP contribution in [0.5, 0.6) is 0 Å². The van der Waals surface area contributed by atoms with Crippen molar-refractivity contribution in [1.29, 1.82) is 0 Å². The molecule has 2 heterocycles. The molecule has 2 aromatic carbocycles. The van der Waals surface area contributed by atoms with Gasteiger partial charge >= 0.3 is 0 Å². The second-order valence-corrected chi connectivity index (χ2v) is 8.23. The van der Waals surface area contributed by atoms with Gasteiger partial charge in [0.2, 0.25) is 0 Å². The Labute approximate surface area is 191 Å². The second-order valence-electron chi connectivity index (χ2n) is 6.56. The molecule has 1 aromatic heterocycles. The third kappa shape index (κ3) is 4.32. The summed E-state index contributed by atoms with van der Waals surface area (Å²) in [5, 5.41) is 8.20. The first-order valence-electron chi connectivity index (χ1n) is 8.98. The number of hydrogen-bond donors (Lipinski definition) is 2. The van der Waals surface area contributed by atoms with Gasteiger partial charge in [-0.1, -0.05) is 23.2 Å². The molecule has 31 heavy (non-hydrogen) atoms. The van der Waals surface area contributed by atoms with Gasteiger partial charge in [-0.05, 0) is 55.5 Å². The molecule has 156 valence electrons. The highest BCUT2D eigenvalue weighted by atomic mass is 35.5. The number of thiazole rings is 1. The average molecular weight is 473 g/mol. The third-order valence-corrected chi connectivity index (χ3v) is 5.85. The number of aryl methyl sites for hydroxylation is 1. The molecule has 0 spiro atoms. The summed E-state index contributed by atoms with van der Waals surface area (Å²) in [4.78, 5) is 42.8. The zero-order valence-electron chi connectivity index (χ0n) is 16.0. The maximum atomic E-state index is 12.8. The zero-order chi connectivity index (χ0) is 22.1. The van der Waals surface area contributed by atoms with Crippen LogP contribution in [0.25, 0.3) is 0 Å². The fraction of sp³-hybridized carbons (Fsp3) is 0.0476. The number of nitrogens with zero attached hydrogens (tertiary/aromatic N) is 2. The standard InChI is InChI=1S/C21H14Cl2N4O3S/c1-11-10-31-21(24-11)26-18(28)12-2-6-14(7-3-12)25-17-16(23)19(29)27(20(17)30)15-8-4-13(22)5-9-15/h2-10,25H,1H3,(H,24,26,28). The predicted molar refractivity (Wildman–Crippen MR) is 122 cm³/mol. The maximum absolute atomic E-state index is 12.8. The van der Waals surface area contributed by atoms with Gasteiger partial charge in [-0.25, -0.2) is 9.88 Å². The Morgan fingerprint density at radius 3 is 2.29 bits per heavy atom. The van der Waals surface area contributed by atoms with Crippen molar-refractivity contribution in [3.63, 3.8) is 0 Å². The number of rotatable bonds is 5. The molecule has 7 nitrogen and oxygen atoms in total. The number of aromatic nitrogens is 1. The van der Waals surface area contributed by atoms with Crippen LogP contribution in [0.15, 0.2) is 64.6 Å². The maximum Gasteiger partial charge on any atom is 0.283 e. The molecule has 0 unspecified atom stereocenters. The first-order chi connectivity index (χ1) is 14.8. The van der Waals surface area contributed by atoms with E-state index in [1.54, 1.807) is 48.5 Å². The first-order valence-corrected chi connectivity index (χ1v) is 10.6. The monoisotopic (exact) mass is 472 g/mol. The Bertz CT molecular complexity index is 1220. The van der Waals surface area contributed by atoms with Gasteiger partial charge in [0.1, 0.15) is 10.7 Å². The van der Waals surface area contributed by atoms with Gasteiger partial charge in [-0.3, -0.25) is 19.7 Å². The lowest BCUT2D eigenvalue weighted by Gasteiger charge is -2.15. The van der Waals surface area contributed by atoms with Crippen LogP contribution in [-0.4, -0.2) is 22.7 Å². The molecule has 0 aliphatic carbocycles. The Hall–Kier alpha value is -3.20. The summed E-state index contributed by atoms with van der Waals surface area (Å²) in [5.41, 5.74) is 2.05. The fourth-order valence-corrected chi connectivity index (χ4v) is 3.89. The molecular formula is C21H14Cl2N4O3S. The third-order valence-electron chi connectivity index (χ3n) is 4.37. The van der Waals surface area contributed by atoms with Crippen LogP contribution in [0.3, 0.4) is 0 Å². The Morgan fingerprint density at radius 2 is 1.68 bits per heavy atom. The lowest BCUT2D eigenvalue weighted by Crippen LogP contribution is -2.32. The highest BCUT2D eigenvalue weighted by Crippen LogP contribution is 2.30. The Morgan fingerprint density at radius 1 is 1.00 bits per heavy atom. The van der Waals surface area contributed by atoms with E-state index in [1.807, 2.05) is 12.3 Å². The molecule has 0 atom stereocenters. The Balaban J connectivity index is 1.48. The van der Waals surface area contributed by atoms with Crippen molar-refractivity contribution in [2.24, 2.45) is 0 Å². The summed E-state index contributed by atoms with van der Waals surface area (Å²) in [6.45, 7) is 1.84. The SMILES string of the molecule is Cc1csc(NC(=O)c2ccc(NC3=C(Cl)C(=O)N(c4ccc(Cl)cc4)C3=O)cc2)n1. The average Bonchev–Trinajstić information content (AvgIpc) is 3.25. The molecule has 0 saturated carbocycles. The van der Waals surface area contributed by atoms with Gasteiger partial charge in [0.15, 0.2) is 5.13 Å². The minimum Gasteiger partial charge on any atom is -0.350 e. The second kappa shape index (κ2) is 8.50. The predicted octanol–water partition coefficient (Wildman–Crippen LogP) is 4.79. The number of carbonyl (C=O) groups is 3. The summed E-state index contributed by atoms with van der Waals surface area (Å²) < 4.78 is 0. The van der Waals surface area contributed by atoms with Gasteiger partial charge in [-0.15, -0.1) is 11.3 Å². The summed E-state index contributed by atoms with van der Waals surface area (Å²) in [5.74, 6) is -1.52. The number of carbonyl (C=O) groups excluding carboxylic acids is 3. The van der Waals surface area contributed by atoms with E-state index in [0.717, 1.165) is 10.6 Å². The number of anilines is 3. The van der Waals surface area contributed by atoms with Crippen molar-refractivity contribution < 1.29 is 14.4 Å². The number of halogens is 2. The van der Waals surface area contributed by atoms with Crippen LogP contribution in [0.1, 0.15) is 16.1 Å². The zero-order valence-corrected chi connectivity index (χ0v) is 18.3. The molecule has 2 N–H and O–H groups in total. The summed E-state index contributed by atoms with van der Waals surface area (Å²) in [7, 11) is 0.